The molecule has 0 saturated heterocycles. The summed E-state index contributed by atoms with van der Waals surface area (Å²) in [5, 5.41) is 20.3. The van der Waals surface area contributed by atoms with Gasteiger partial charge in [-0.1, -0.05) is 23.5 Å². The van der Waals surface area contributed by atoms with Crippen molar-refractivity contribution in [1.82, 2.24) is 0 Å². The smallest absolute Gasteiger partial charge is 1.00 e. The van der Waals surface area contributed by atoms with E-state index < -0.39 is 17.5 Å². The van der Waals surface area contributed by atoms with E-state index in [-0.39, 0.29) is 52.8 Å². The van der Waals surface area contributed by atoms with Crippen LogP contribution in [-0.2, 0) is 9.59 Å². The fourth-order valence-corrected chi connectivity index (χ4v) is 2.42. The van der Waals surface area contributed by atoms with Crippen LogP contribution in [-0.4, -0.2) is 22.2 Å². The summed E-state index contributed by atoms with van der Waals surface area (Å²) in [7, 11) is 0. The normalized spacial score (nSPS) is 13.7. The second-order valence-electron chi connectivity index (χ2n) is 1.78. The molecule has 0 bridgehead atoms. The molecule has 0 fully saturated rings. The molecule has 7 heteroatoms. The Morgan fingerprint density at radius 3 is 1.85 bits per heavy atom. The summed E-state index contributed by atoms with van der Waals surface area (Å²) in [6.45, 7) is 0. The van der Waals surface area contributed by atoms with E-state index in [0.717, 1.165) is 23.5 Å². The predicted molar refractivity (Wildman–Crippen MR) is 47.7 cm³/mol. The molecule has 0 unspecified atom stereocenters. The first-order chi connectivity index (χ1) is 5.63. The van der Waals surface area contributed by atoms with Gasteiger partial charge in [0.25, 0.3) is 0 Å². The third-order valence-electron chi connectivity index (χ3n) is 1.04. The molecule has 0 aliphatic carbocycles. The minimum atomic E-state index is -1.40. The molecule has 0 atom stereocenters. The van der Waals surface area contributed by atoms with Crippen molar-refractivity contribution in [2.75, 3.05) is 0 Å². The molecule has 4 nitrogen and oxygen atoms in total. The van der Waals surface area contributed by atoms with Crippen LogP contribution in [0.2, 0.25) is 0 Å². The largest absolute Gasteiger partial charge is 1.00 e. The van der Waals surface area contributed by atoms with E-state index in [1.165, 1.54) is 0 Å². The molecule has 13 heavy (non-hydrogen) atoms. The Labute approximate surface area is 127 Å². The summed E-state index contributed by atoms with van der Waals surface area (Å²) in [6, 6.07) is 0. The summed E-state index contributed by atoms with van der Waals surface area (Å²) in [4.78, 5) is 20.9. The van der Waals surface area contributed by atoms with E-state index in [0.29, 0.717) is 4.24 Å². The monoisotopic (exact) mass is 244 g/mol. The van der Waals surface area contributed by atoms with Gasteiger partial charge in [-0.15, -0.1) is 0 Å². The van der Waals surface area contributed by atoms with Gasteiger partial charge in [0.1, 0.15) is 0 Å². The van der Waals surface area contributed by atoms with E-state index in [1.54, 1.807) is 10.8 Å². The van der Waals surface area contributed by atoms with Crippen molar-refractivity contribution in [3.05, 3.63) is 20.6 Å². The maximum atomic E-state index is 10.4. The minimum Gasteiger partial charge on any atom is -1.00 e. The average Bonchev–Trinajstić information content (AvgIpc) is 2.37. The standard InChI is InChI=1S/C6H4O4S2.K.H/c7-4(8)3(5(9)10)6-11-1-2-12-6;;/h1-2H,(H,7,8)(H,9,10);;/q;+1;-1. The van der Waals surface area contributed by atoms with Crippen LogP contribution in [0.1, 0.15) is 1.43 Å². The van der Waals surface area contributed by atoms with Gasteiger partial charge in [0, 0.05) is 0 Å². The summed E-state index contributed by atoms with van der Waals surface area (Å²) in [6.07, 6.45) is 0. The van der Waals surface area contributed by atoms with Gasteiger partial charge in [-0.3, -0.25) is 0 Å². The van der Waals surface area contributed by atoms with E-state index in [4.69, 9.17) is 10.2 Å². The number of rotatable bonds is 2. The number of thioether (sulfide) groups is 2. The molecule has 1 aliphatic rings. The molecule has 1 aliphatic heterocycles. The number of hydrogen-bond acceptors (Lipinski definition) is 4. The van der Waals surface area contributed by atoms with E-state index in [2.05, 4.69) is 0 Å². The van der Waals surface area contributed by atoms with Gasteiger partial charge >= 0.3 is 63.3 Å². The molecule has 0 saturated carbocycles. The van der Waals surface area contributed by atoms with Gasteiger partial charge < -0.3 is 11.6 Å². The molecular weight excluding hydrogens is 239 g/mol. The molecule has 1 heterocycles. The number of hydrogen-bond donors (Lipinski definition) is 2. The average molecular weight is 244 g/mol. The predicted octanol–water partition coefficient (Wildman–Crippen LogP) is -1.57. The topological polar surface area (TPSA) is 74.6 Å². The van der Waals surface area contributed by atoms with E-state index in [9.17, 15) is 9.59 Å². The summed E-state index contributed by atoms with van der Waals surface area (Å²) in [5.74, 6) is -2.80. The van der Waals surface area contributed by atoms with Crippen molar-refractivity contribution in [3.8, 4) is 0 Å². The third kappa shape index (κ3) is 3.78. The number of carboxylic acids is 2. The summed E-state index contributed by atoms with van der Waals surface area (Å²) >= 11 is 2.22. The van der Waals surface area contributed by atoms with E-state index in [1.807, 2.05) is 0 Å². The molecule has 0 spiro atoms. The van der Waals surface area contributed by atoms with Crippen LogP contribution in [0.25, 0.3) is 0 Å². The molecule has 0 aromatic rings. The Balaban J connectivity index is 0. The molecule has 0 radical (unpaired) electrons. The van der Waals surface area contributed by atoms with Crippen molar-refractivity contribution in [2.45, 2.75) is 0 Å². The van der Waals surface area contributed by atoms with Gasteiger partial charge in [0.05, 0.1) is 4.24 Å². The molecule has 0 aromatic heterocycles. The second-order valence-corrected chi connectivity index (χ2v) is 3.87. The van der Waals surface area contributed by atoms with Crippen LogP contribution in [0.15, 0.2) is 20.6 Å². The van der Waals surface area contributed by atoms with Gasteiger partial charge in [0.15, 0.2) is 5.57 Å². The van der Waals surface area contributed by atoms with Crippen LogP contribution in [0.5, 0.6) is 0 Å². The molecule has 0 aromatic carbocycles. The molecule has 66 valence electrons. The van der Waals surface area contributed by atoms with Gasteiger partial charge in [0.2, 0.25) is 0 Å². The van der Waals surface area contributed by atoms with Crippen LogP contribution in [0.4, 0.5) is 0 Å². The molecule has 1 rings (SSSR count). The van der Waals surface area contributed by atoms with Gasteiger partial charge in [-0.2, -0.15) is 0 Å². The Morgan fingerprint density at radius 1 is 1.15 bits per heavy atom. The Hall–Kier alpha value is 0.756. The van der Waals surface area contributed by atoms with Crippen LogP contribution >= 0.6 is 23.5 Å². The number of carboxylic acid groups (broad SMARTS) is 2. The van der Waals surface area contributed by atoms with Crippen LogP contribution in [0.3, 0.4) is 0 Å². The summed E-state index contributed by atoms with van der Waals surface area (Å²) < 4.78 is 0.301. The first-order valence-electron chi connectivity index (χ1n) is 2.82. The maximum Gasteiger partial charge on any atom is 1.00 e. The maximum absolute atomic E-state index is 10.4. The first-order valence-corrected chi connectivity index (χ1v) is 4.58. The van der Waals surface area contributed by atoms with Crippen LogP contribution < -0.4 is 51.4 Å². The van der Waals surface area contributed by atoms with E-state index >= 15 is 0 Å². The van der Waals surface area contributed by atoms with Crippen molar-refractivity contribution >= 4 is 35.5 Å². The fraction of sp³-hybridized carbons (Fsp3) is 0. The first kappa shape index (κ1) is 13.8. The van der Waals surface area contributed by atoms with Crippen molar-refractivity contribution < 1.29 is 72.6 Å². The number of aliphatic carboxylic acids is 2. The van der Waals surface area contributed by atoms with Crippen molar-refractivity contribution in [3.63, 3.8) is 0 Å². The second kappa shape index (κ2) is 6.28. The zero-order valence-electron chi connectivity index (χ0n) is 7.68. The SMILES string of the molecule is O=C(O)C(C(=O)O)=C1SC=CS1.[H-].[K+]. The zero-order chi connectivity index (χ0) is 9.14. The van der Waals surface area contributed by atoms with Crippen molar-refractivity contribution in [1.29, 1.82) is 0 Å². The molecule has 0 amide bonds. The van der Waals surface area contributed by atoms with Crippen LogP contribution in [0, 0.1) is 0 Å². The van der Waals surface area contributed by atoms with Crippen molar-refractivity contribution in [2.24, 2.45) is 0 Å². The molecular formula is C6H5KO4S2. The van der Waals surface area contributed by atoms with Gasteiger partial charge in [-0.05, 0) is 10.8 Å². The summed E-state index contributed by atoms with van der Waals surface area (Å²) in [5.41, 5.74) is -0.560. The Kier molecular flexibility index (Phi) is 6.64. The van der Waals surface area contributed by atoms with Gasteiger partial charge in [-0.25, -0.2) is 9.59 Å². The minimum absolute atomic E-state index is 0. The number of carbonyl (C=O) groups is 2. The zero-order valence-corrected chi connectivity index (χ0v) is 11.4. The third-order valence-corrected chi connectivity index (χ3v) is 3.17. The quantitative estimate of drug-likeness (QED) is 0.265. The molecule has 2 N–H and O–H groups in total. The Bertz CT molecular complexity index is 276. The Morgan fingerprint density at radius 2 is 1.54 bits per heavy atom. The fourth-order valence-electron chi connectivity index (χ4n) is 0.591.